The summed E-state index contributed by atoms with van der Waals surface area (Å²) in [5.74, 6) is 0.996. The summed E-state index contributed by atoms with van der Waals surface area (Å²) in [4.78, 5) is 9.38. The molecule has 0 bridgehead atoms. The maximum absolute atomic E-state index is 10.0. The monoisotopic (exact) mass is 529 g/mol. The molecule has 2 heterocycles. The van der Waals surface area contributed by atoms with E-state index in [2.05, 4.69) is 33.1 Å². The van der Waals surface area contributed by atoms with Crippen molar-refractivity contribution in [3.8, 4) is 23.3 Å². The average molecular weight is 530 g/mol. The minimum Gasteiger partial charge on any atom is -0.506 e. The summed E-state index contributed by atoms with van der Waals surface area (Å²) in [6, 6.07) is 8.59. The van der Waals surface area contributed by atoms with E-state index in [0.29, 0.717) is 51.0 Å². The number of rotatable bonds is 9. The lowest BCUT2D eigenvalue weighted by molar-refractivity contribution is 0.130. The van der Waals surface area contributed by atoms with Gasteiger partial charge in [0.15, 0.2) is 11.5 Å². The largest absolute Gasteiger partial charge is 0.506 e. The molecule has 1 saturated heterocycles. The van der Waals surface area contributed by atoms with Crippen LogP contribution in [0.3, 0.4) is 0 Å². The van der Waals surface area contributed by atoms with Gasteiger partial charge in [0.25, 0.3) is 0 Å². The lowest BCUT2D eigenvalue weighted by atomic mass is 10.1. The van der Waals surface area contributed by atoms with Crippen LogP contribution < -0.4 is 14.8 Å². The molecule has 10 heteroatoms. The van der Waals surface area contributed by atoms with E-state index >= 15 is 0 Å². The number of phenols is 1. The van der Waals surface area contributed by atoms with Crippen molar-refractivity contribution in [3.63, 3.8) is 0 Å². The maximum atomic E-state index is 10.0. The highest BCUT2D eigenvalue weighted by atomic mass is 35.5. The third kappa shape index (κ3) is 5.88. The van der Waals surface area contributed by atoms with Crippen LogP contribution in [-0.4, -0.2) is 72.9 Å². The van der Waals surface area contributed by atoms with Crippen LogP contribution in [0.1, 0.15) is 18.9 Å². The van der Waals surface area contributed by atoms with Crippen LogP contribution in [0.5, 0.6) is 17.2 Å². The summed E-state index contributed by atoms with van der Waals surface area (Å²) in [5.41, 5.74) is 1.83. The molecule has 0 spiro atoms. The van der Waals surface area contributed by atoms with Crippen LogP contribution in [0.25, 0.3) is 10.9 Å². The second-order valence-electron chi connectivity index (χ2n) is 8.57. The number of halogens is 2. The van der Waals surface area contributed by atoms with Gasteiger partial charge < -0.3 is 29.7 Å². The number of nitrogens with zero attached hydrogens (tertiary/aromatic N) is 4. The number of phenolic OH excluding ortho intramolecular Hbond substituents is 1. The predicted molar refractivity (Wildman–Crippen MR) is 143 cm³/mol. The fourth-order valence-corrected chi connectivity index (χ4v) is 4.69. The molecule has 36 heavy (non-hydrogen) atoms. The van der Waals surface area contributed by atoms with Crippen molar-refractivity contribution >= 4 is 45.5 Å². The zero-order valence-electron chi connectivity index (χ0n) is 20.4. The van der Waals surface area contributed by atoms with Gasteiger partial charge in [0, 0.05) is 56.4 Å². The molecule has 0 amide bonds. The Labute approximate surface area is 220 Å². The molecule has 0 atom stereocenters. The Kier molecular flexibility index (Phi) is 8.60. The van der Waals surface area contributed by atoms with Gasteiger partial charge in [-0.2, -0.15) is 5.26 Å². The lowest BCUT2D eigenvalue weighted by Gasteiger charge is -2.33. The van der Waals surface area contributed by atoms with Crippen LogP contribution in [0.15, 0.2) is 30.5 Å². The number of fused-ring (bicyclic) bond motifs is 1. The molecule has 0 radical (unpaired) electrons. The molecule has 2 N–H and O–H groups in total. The Morgan fingerprint density at radius 1 is 1.08 bits per heavy atom. The highest BCUT2D eigenvalue weighted by Crippen LogP contribution is 2.40. The van der Waals surface area contributed by atoms with Crippen molar-refractivity contribution in [2.75, 3.05) is 58.3 Å². The van der Waals surface area contributed by atoms with Gasteiger partial charge in [-0.05, 0) is 25.1 Å². The summed E-state index contributed by atoms with van der Waals surface area (Å²) >= 11 is 12.3. The molecular weight excluding hydrogens is 501 g/mol. The Morgan fingerprint density at radius 2 is 1.83 bits per heavy atom. The van der Waals surface area contributed by atoms with Gasteiger partial charge in [-0.3, -0.25) is 4.98 Å². The number of aromatic hydroxyl groups is 1. The molecule has 1 aliphatic heterocycles. The summed E-state index contributed by atoms with van der Waals surface area (Å²) < 4.78 is 11.7. The van der Waals surface area contributed by atoms with Crippen LogP contribution in [-0.2, 0) is 0 Å². The normalized spacial score (nSPS) is 14.5. The second-order valence-corrected chi connectivity index (χ2v) is 9.38. The van der Waals surface area contributed by atoms with Gasteiger partial charge in [-0.1, -0.05) is 30.1 Å². The fourth-order valence-electron chi connectivity index (χ4n) is 4.26. The number of benzene rings is 2. The Bertz CT molecular complexity index is 1270. The van der Waals surface area contributed by atoms with Gasteiger partial charge in [0.05, 0.1) is 46.2 Å². The number of piperazine rings is 1. The highest BCUT2D eigenvalue weighted by Gasteiger charge is 2.17. The van der Waals surface area contributed by atoms with Crippen molar-refractivity contribution < 1.29 is 14.6 Å². The first-order chi connectivity index (χ1) is 17.4. The summed E-state index contributed by atoms with van der Waals surface area (Å²) in [5, 5.41) is 23.9. The van der Waals surface area contributed by atoms with Gasteiger partial charge in [-0.15, -0.1) is 0 Å². The quantitative estimate of drug-likeness (QED) is 0.361. The van der Waals surface area contributed by atoms with E-state index < -0.39 is 0 Å². The SMILES string of the molecule is CCN1CCN(CCCOc2cc3ncc(C#N)c(Nc4cc(O)c(Cl)cc4Cl)c3cc2OC)CC1. The first-order valence-electron chi connectivity index (χ1n) is 11.9. The zero-order chi connectivity index (χ0) is 25.7. The van der Waals surface area contributed by atoms with Crippen LogP contribution in [0.4, 0.5) is 11.4 Å². The van der Waals surface area contributed by atoms with Gasteiger partial charge in [-0.25, -0.2) is 0 Å². The number of likely N-dealkylation sites (N-methyl/N-ethyl adjacent to an activating group) is 1. The minimum absolute atomic E-state index is 0.124. The summed E-state index contributed by atoms with van der Waals surface area (Å²) in [7, 11) is 1.57. The number of anilines is 2. The smallest absolute Gasteiger partial charge is 0.163 e. The first-order valence-corrected chi connectivity index (χ1v) is 12.6. The number of hydrogen-bond acceptors (Lipinski definition) is 8. The van der Waals surface area contributed by atoms with E-state index in [1.165, 1.54) is 18.3 Å². The van der Waals surface area contributed by atoms with E-state index in [1.54, 1.807) is 13.2 Å². The lowest BCUT2D eigenvalue weighted by Crippen LogP contribution is -2.46. The first kappa shape index (κ1) is 26.1. The van der Waals surface area contributed by atoms with Gasteiger partial charge >= 0.3 is 0 Å². The average Bonchev–Trinajstić information content (AvgIpc) is 2.89. The van der Waals surface area contributed by atoms with Crippen LogP contribution in [0.2, 0.25) is 10.0 Å². The summed E-state index contributed by atoms with van der Waals surface area (Å²) in [6.45, 7) is 9.25. The Hall–Kier alpha value is -2.96. The Morgan fingerprint density at radius 3 is 2.53 bits per heavy atom. The molecule has 1 fully saturated rings. The van der Waals surface area contributed by atoms with E-state index in [1.807, 2.05) is 6.07 Å². The van der Waals surface area contributed by atoms with Crippen LogP contribution in [0, 0.1) is 11.3 Å². The van der Waals surface area contributed by atoms with Crippen molar-refractivity contribution in [3.05, 3.63) is 46.1 Å². The van der Waals surface area contributed by atoms with E-state index in [4.69, 9.17) is 32.7 Å². The van der Waals surface area contributed by atoms with Crippen molar-refractivity contribution in [1.82, 2.24) is 14.8 Å². The molecule has 0 saturated carbocycles. The molecule has 2 aromatic carbocycles. The van der Waals surface area contributed by atoms with Crippen molar-refractivity contribution in [1.29, 1.82) is 5.26 Å². The number of ether oxygens (including phenoxy) is 2. The third-order valence-corrected chi connectivity index (χ3v) is 6.97. The second kappa shape index (κ2) is 11.8. The molecular formula is C26H29Cl2N5O3. The highest BCUT2D eigenvalue weighted by molar-refractivity contribution is 6.37. The standard InChI is InChI=1S/C26H29Cl2N5O3/c1-3-32-6-8-33(9-7-32)5-4-10-36-25-14-21-18(11-24(25)35-2)26(17(15-29)16-30-21)31-22-13-23(34)20(28)12-19(22)27/h11-14,16,34H,3-10H2,1-2H3,(H,30,31). The van der Waals surface area contributed by atoms with E-state index in [-0.39, 0.29) is 10.8 Å². The van der Waals surface area contributed by atoms with Crippen molar-refractivity contribution in [2.45, 2.75) is 13.3 Å². The fraction of sp³-hybridized carbons (Fsp3) is 0.385. The van der Waals surface area contributed by atoms with Gasteiger partial charge in [0.2, 0.25) is 0 Å². The number of nitrogens with one attached hydrogen (secondary N) is 1. The Balaban J connectivity index is 1.53. The molecule has 4 rings (SSSR count). The van der Waals surface area contributed by atoms with Crippen molar-refractivity contribution in [2.24, 2.45) is 0 Å². The molecule has 0 unspecified atom stereocenters. The zero-order valence-corrected chi connectivity index (χ0v) is 21.9. The number of aromatic nitrogens is 1. The minimum atomic E-state index is -0.124. The number of nitriles is 1. The topological polar surface area (TPSA) is 93.9 Å². The molecule has 0 aliphatic carbocycles. The number of hydrogen-bond donors (Lipinski definition) is 2. The van der Waals surface area contributed by atoms with Crippen LogP contribution >= 0.6 is 23.2 Å². The molecule has 3 aromatic rings. The molecule has 8 nitrogen and oxygen atoms in total. The van der Waals surface area contributed by atoms with E-state index in [0.717, 1.165) is 45.7 Å². The third-order valence-electron chi connectivity index (χ3n) is 6.36. The number of methoxy groups -OCH3 is 1. The summed E-state index contributed by atoms with van der Waals surface area (Å²) in [6.07, 6.45) is 2.39. The van der Waals surface area contributed by atoms with E-state index in [9.17, 15) is 10.4 Å². The number of pyridine rings is 1. The predicted octanol–water partition coefficient (Wildman–Crippen LogP) is 5.28. The molecule has 1 aromatic heterocycles. The van der Waals surface area contributed by atoms with Gasteiger partial charge in [0.1, 0.15) is 11.8 Å². The maximum Gasteiger partial charge on any atom is 0.163 e. The molecule has 190 valence electrons. The molecule has 1 aliphatic rings.